The topological polar surface area (TPSA) is 121 Å². The second kappa shape index (κ2) is 8.34. The van der Waals surface area contributed by atoms with E-state index >= 15 is 0 Å². The van der Waals surface area contributed by atoms with Crippen molar-refractivity contribution in [1.29, 1.82) is 0 Å². The summed E-state index contributed by atoms with van der Waals surface area (Å²) in [5.41, 5.74) is 9.35. The van der Waals surface area contributed by atoms with E-state index in [-0.39, 0.29) is 30.2 Å². The fraction of sp³-hybridized carbons (Fsp3) is 0.200. The van der Waals surface area contributed by atoms with Crippen LogP contribution in [0.5, 0.6) is 0 Å². The van der Waals surface area contributed by atoms with E-state index in [2.05, 4.69) is 25.9 Å². The first-order chi connectivity index (χ1) is 13.4. The smallest absolute Gasteiger partial charge is 0.252 e. The molecule has 0 bridgehead atoms. The lowest BCUT2D eigenvalue weighted by molar-refractivity contribution is -0.123. The minimum absolute atomic E-state index is 0.0791. The Morgan fingerprint density at radius 3 is 2.25 bits per heavy atom. The van der Waals surface area contributed by atoms with Gasteiger partial charge in [0.2, 0.25) is 17.8 Å². The molecule has 3 rings (SSSR count). The number of aliphatic imine (C=N–C) groups is 2. The summed E-state index contributed by atoms with van der Waals surface area (Å²) >= 11 is 0. The van der Waals surface area contributed by atoms with Gasteiger partial charge in [0.15, 0.2) is 0 Å². The molecule has 8 heteroatoms. The van der Waals surface area contributed by atoms with Crippen LogP contribution in [0.3, 0.4) is 0 Å². The number of guanidine groups is 2. The summed E-state index contributed by atoms with van der Waals surface area (Å²) in [5, 5.41) is 8.29. The molecule has 28 heavy (non-hydrogen) atoms. The van der Waals surface area contributed by atoms with Gasteiger partial charge < -0.3 is 16.4 Å². The van der Waals surface area contributed by atoms with Crippen LogP contribution in [-0.2, 0) is 9.59 Å². The van der Waals surface area contributed by atoms with Crippen LogP contribution in [0.2, 0.25) is 0 Å². The van der Waals surface area contributed by atoms with Crippen LogP contribution in [-0.4, -0.2) is 29.8 Å². The molecule has 2 aromatic carbocycles. The van der Waals surface area contributed by atoms with Crippen molar-refractivity contribution in [3.8, 4) is 0 Å². The summed E-state index contributed by atoms with van der Waals surface area (Å²) < 4.78 is 0. The molecule has 144 valence electrons. The number of nitrogens with one attached hydrogen (secondary N) is 3. The molecule has 2 aromatic rings. The van der Waals surface area contributed by atoms with E-state index in [4.69, 9.17) is 5.73 Å². The van der Waals surface area contributed by atoms with Crippen LogP contribution in [0.1, 0.15) is 17.5 Å². The van der Waals surface area contributed by atoms with Crippen LogP contribution in [0.25, 0.3) is 0 Å². The number of hydrogen-bond acceptors (Lipinski definition) is 4. The quantitative estimate of drug-likeness (QED) is 0.480. The van der Waals surface area contributed by atoms with Crippen molar-refractivity contribution in [2.75, 3.05) is 10.6 Å². The second-order valence-corrected chi connectivity index (χ2v) is 6.46. The standard InChI is InChI=1S/C20H22N6O2/c1-12-7-3-5-9-14(12)22-17(27)11-16-18(28)25-20(24-16)26-19(21)23-15-10-6-4-8-13(15)2/h3-10,16H,11H2,1-2H3,(H,22,27)(H4,21,23,24,25,26,28). The molecule has 0 radical (unpaired) electrons. The normalized spacial score (nSPS) is 16.4. The van der Waals surface area contributed by atoms with Gasteiger partial charge in [0.05, 0.1) is 6.42 Å². The molecule has 8 nitrogen and oxygen atoms in total. The number of aryl methyl sites for hydroxylation is 2. The maximum absolute atomic E-state index is 12.2. The molecule has 5 N–H and O–H groups in total. The lowest BCUT2D eigenvalue weighted by Crippen LogP contribution is -2.32. The van der Waals surface area contributed by atoms with E-state index in [0.717, 1.165) is 16.8 Å². The second-order valence-electron chi connectivity index (χ2n) is 6.46. The summed E-state index contributed by atoms with van der Waals surface area (Å²) in [4.78, 5) is 32.6. The largest absolute Gasteiger partial charge is 0.369 e. The Labute approximate surface area is 163 Å². The van der Waals surface area contributed by atoms with Gasteiger partial charge >= 0.3 is 0 Å². The molecule has 1 atom stereocenters. The first-order valence-corrected chi connectivity index (χ1v) is 8.83. The predicted octanol–water partition coefficient (Wildman–Crippen LogP) is 1.91. The summed E-state index contributed by atoms with van der Waals surface area (Å²) in [6.45, 7) is 3.83. The van der Waals surface area contributed by atoms with Crippen LogP contribution < -0.4 is 21.7 Å². The van der Waals surface area contributed by atoms with Crippen molar-refractivity contribution in [3.05, 3.63) is 59.7 Å². The van der Waals surface area contributed by atoms with Crippen molar-refractivity contribution in [2.45, 2.75) is 26.3 Å². The van der Waals surface area contributed by atoms with Crippen molar-refractivity contribution in [3.63, 3.8) is 0 Å². The van der Waals surface area contributed by atoms with Gasteiger partial charge in [-0.3, -0.25) is 14.9 Å². The van der Waals surface area contributed by atoms with Gasteiger partial charge in [-0.1, -0.05) is 36.4 Å². The summed E-state index contributed by atoms with van der Waals surface area (Å²) in [7, 11) is 0. The first-order valence-electron chi connectivity index (χ1n) is 8.83. The van der Waals surface area contributed by atoms with Gasteiger partial charge in [-0.25, -0.2) is 4.99 Å². The molecular formula is C20H22N6O2. The summed E-state index contributed by atoms with van der Waals surface area (Å²) in [5.74, 6) is -0.507. The molecule has 0 spiro atoms. The van der Waals surface area contributed by atoms with Gasteiger partial charge in [0, 0.05) is 11.4 Å². The summed E-state index contributed by atoms with van der Waals surface area (Å²) in [6.07, 6.45) is -0.0791. The van der Waals surface area contributed by atoms with Crippen LogP contribution in [0.4, 0.5) is 11.4 Å². The van der Waals surface area contributed by atoms with E-state index in [1.807, 2.05) is 56.3 Å². The highest BCUT2D eigenvalue weighted by Crippen LogP contribution is 2.15. The third-order valence-electron chi connectivity index (χ3n) is 4.25. The number of carbonyl (C=O) groups is 2. The summed E-state index contributed by atoms with van der Waals surface area (Å²) in [6, 6.07) is 14.2. The van der Waals surface area contributed by atoms with Gasteiger partial charge in [-0.15, -0.1) is 0 Å². The molecule has 2 amide bonds. The minimum Gasteiger partial charge on any atom is -0.369 e. The molecule has 1 heterocycles. The Morgan fingerprint density at radius 2 is 1.64 bits per heavy atom. The Hall–Kier alpha value is -3.68. The van der Waals surface area contributed by atoms with E-state index in [1.54, 1.807) is 6.07 Å². The Morgan fingerprint density at radius 1 is 1.07 bits per heavy atom. The Kier molecular flexibility index (Phi) is 5.69. The Balaban J connectivity index is 1.63. The predicted molar refractivity (Wildman–Crippen MR) is 110 cm³/mol. The molecule has 0 fully saturated rings. The maximum Gasteiger partial charge on any atom is 0.252 e. The van der Waals surface area contributed by atoms with Crippen molar-refractivity contribution in [2.24, 2.45) is 15.7 Å². The van der Waals surface area contributed by atoms with Gasteiger partial charge in [-0.05, 0) is 37.1 Å². The zero-order chi connectivity index (χ0) is 20.1. The first kappa shape index (κ1) is 19.1. The Bertz CT molecular complexity index is 967. The third kappa shape index (κ3) is 4.73. The number of anilines is 2. The molecular weight excluding hydrogens is 356 g/mol. The van der Waals surface area contributed by atoms with E-state index < -0.39 is 6.04 Å². The molecule has 0 saturated heterocycles. The number of amides is 2. The highest BCUT2D eigenvalue weighted by atomic mass is 16.2. The number of hydrogen-bond donors (Lipinski definition) is 4. The fourth-order valence-electron chi connectivity index (χ4n) is 2.71. The molecule has 1 aliphatic heterocycles. The SMILES string of the molecule is Cc1ccccc1NC(=O)CC1N=C(/N=C(\N)Nc2ccccc2C)NC1=O. The minimum atomic E-state index is -0.839. The number of nitrogens with two attached hydrogens (primary N) is 1. The van der Waals surface area contributed by atoms with Gasteiger partial charge in [0.1, 0.15) is 6.04 Å². The number of carbonyl (C=O) groups excluding carboxylic acids is 2. The van der Waals surface area contributed by atoms with Crippen LogP contribution >= 0.6 is 0 Å². The lowest BCUT2D eigenvalue weighted by Gasteiger charge is -2.09. The number of para-hydroxylation sites is 2. The lowest BCUT2D eigenvalue weighted by atomic mass is 10.1. The van der Waals surface area contributed by atoms with E-state index in [9.17, 15) is 9.59 Å². The average molecular weight is 378 g/mol. The van der Waals surface area contributed by atoms with Crippen molar-refractivity contribution in [1.82, 2.24) is 5.32 Å². The maximum atomic E-state index is 12.2. The number of benzene rings is 2. The van der Waals surface area contributed by atoms with Crippen LogP contribution in [0.15, 0.2) is 58.5 Å². The monoisotopic (exact) mass is 378 g/mol. The number of rotatable bonds is 4. The van der Waals surface area contributed by atoms with Crippen LogP contribution in [0, 0.1) is 13.8 Å². The average Bonchev–Trinajstić information content (AvgIpc) is 2.97. The third-order valence-corrected chi connectivity index (χ3v) is 4.25. The molecule has 1 aliphatic rings. The number of nitrogens with zero attached hydrogens (tertiary/aromatic N) is 2. The molecule has 0 aliphatic carbocycles. The molecule has 1 unspecified atom stereocenters. The fourth-order valence-corrected chi connectivity index (χ4v) is 2.71. The highest BCUT2D eigenvalue weighted by Gasteiger charge is 2.28. The van der Waals surface area contributed by atoms with E-state index in [0.29, 0.717) is 5.69 Å². The molecule has 0 aromatic heterocycles. The van der Waals surface area contributed by atoms with E-state index in [1.165, 1.54) is 0 Å². The molecule has 0 saturated carbocycles. The van der Waals surface area contributed by atoms with Crippen molar-refractivity contribution >= 4 is 35.1 Å². The highest BCUT2D eigenvalue weighted by molar-refractivity contribution is 6.11. The van der Waals surface area contributed by atoms with Gasteiger partial charge in [0.25, 0.3) is 5.91 Å². The zero-order valence-electron chi connectivity index (χ0n) is 15.7. The van der Waals surface area contributed by atoms with Crippen molar-refractivity contribution < 1.29 is 9.59 Å². The zero-order valence-corrected chi connectivity index (χ0v) is 15.7. The van der Waals surface area contributed by atoms with Gasteiger partial charge in [-0.2, -0.15) is 4.99 Å².